The summed E-state index contributed by atoms with van der Waals surface area (Å²) in [5, 5.41) is 14.9. The highest BCUT2D eigenvalue weighted by Gasteiger charge is 2.19. The average Bonchev–Trinajstić information content (AvgIpc) is 3.36. The zero-order valence-corrected chi connectivity index (χ0v) is 17.9. The fourth-order valence-electron chi connectivity index (χ4n) is 3.06. The van der Waals surface area contributed by atoms with E-state index in [1.54, 1.807) is 16.9 Å². The molecule has 0 saturated carbocycles. The van der Waals surface area contributed by atoms with Gasteiger partial charge in [-0.2, -0.15) is 5.10 Å². The summed E-state index contributed by atoms with van der Waals surface area (Å²) in [4.78, 5) is 18.8. The van der Waals surface area contributed by atoms with Crippen LogP contribution >= 0.6 is 11.3 Å². The van der Waals surface area contributed by atoms with Crippen LogP contribution in [0.25, 0.3) is 21.6 Å². The van der Waals surface area contributed by atoms with E-state index in [0.717, 1.165) is 4.88 Å². The molecule has 3 aromatic heterocycles. The van der Waals surface area contributed by atoms with Gasteiger partial charge in [-0.1, -0.05) is 6.07 Å². The van der Waals surface area contributed by atoms with E-state index in [9.17, 15) is 13.2 Å². The monoisotopic (exact) mass is 441 g/mol. The molecule has 0 spiro atoms. The number of aromatic nitrogens is 3. The normalized spacial score (nSPS) is 11.9. The molecule has 30 heavy (non-hydrogen) atoms. The first-order valence-corrected chi connectivity index (χ1v) is 11.5. The number of thiophene rings is 1. The molecule has 154 valence electrons. The first-order chi connectivity index (χ1) is 14.2. The van der Waals surface area contributed by atoms with Crippen molar-refractivity contribution in [3.63, 3.8) is 0 Å². The van der Waals surface area contributed by atoms with Crippen molar-refractivity contribution in [2.75, 3.05) is 5.32 Å². The molecule has 4 aromatic rings. The van der Waals surface area contributed by atoms with Crippen LogP contribution in [-0.4, -0.2) is 29.1 Å². The first-order valence-electron chi connectivity index (χ1n) is 9.10. The molecule has 0 atom stereocenters. The SMILES string of the molecule is CC(C)n1ncc2c(C(=O)Nc3ccc(S(N)(=O)=O)cc3)cc(-c3cccs3)nc21. The Morgan fingerprint density at radius 1 is 1.20 bits per heavy atom. The van der Waals surface area contributed by atoms with Gasteiger partial charge in [0.05, 0.1) is 32.6 Å². The minimum absolute atomic E-state index is 0.0232. The lowest BCUT2D eigenvalue weighted by molar-refractivity contribution is 0.102. The van der Waals surface area contributed by atoms with E-state index in [1.807, 2.05) is 31.4 Å². The van der Waals surface area contributed by atoms with E-state index < -0.39 is 10.0 Å². The Bertz CT molecular complexity index is 1330. The second-order valence-corrected chi connectivity index (χ2v) is 9.49. The predicted molar refractivity (Wildman–Crippen MR) is 117 cm³/mol. The van der Waals surface area contributed by atoms with Crippen molar-refractivity contribution in [1.29, 1.82) is 0 Å². The summed E-state index contributed by atoms with van der Waals surface area (Å²) in [7, 11) is -3.80. The van der Waals surface area contributed by atoms with Gasteiger partial charge >= 0.3 is 0 Å². The van der Waals surface area contributed by atoms with Crippen molar-refractivity contribution < 1.29 is 13.2 Å². The molecule has 1 amide bonds. The van der Waals surface area contributed by atoms with Gasteiger partial charge in [-0.05, 0) is 55.6 Å². The molecule has 4 rings (SSSR count). The third-order valence-corrected chi connectivity index (χ3v) is 6.34. The highest BCUT2D eigenvalue weighted by molar-refractivity contribution is 7.89. The van der Waals surface area contributed by atoms with Crippen molar-refractivity contribution in [3.05, 3.63) is 59.6 Å². The molecule has 3 N–H and O–H groups in total. The maximum Gasteiger partial charge on any atom is 0.256 e. The number of benzene rings is 1. The number of hydrogen-bond donors (Lipinski definition) is 2. The Labute approximate surface area is 177 Å². The zero-order valence-electron chi connectivity index (χ0n) is 16.2. The van der Waals surface area contributed by atoms with Gasteiger partial charge in [-0.15, -0.1) is 11.3 Å². The molecule has 3 heterocycles. The van der Waals surface area contributed by atoms with E-state index in [1.165, 1.54) is 35.6 Å². The Kier molecular flexibility index (Phi) is 5.14. The number of carbonyl (C=O) groups is 1. The summed E-state index contributed by atoms with van der Waals surface area (Å²) >= 11 is 1.54. The molecule has 0 aliphatic rings. The van der Waals surface area contributed by atoms with Crippen LogP contribution in [0.1, 0.15) is 30.2 Å². The number of carbonyl (C=O) groups excluding carboxylic acids is 1. The Morgan fingerprint density at radius 2 is 1.93 bits per heavy atom. The molecule has 1 aromatic carbocycles. The van der Waals surface area contributed by atoms with Gasteiger partial charge in [0, 0.05) is 11.7 Å². The van der Waals surface area contributed by atoms with Gasteiger partial charge in [0.25, 0.3) is 5.91 Å². The van der Waals surface area contributed by atoms with E-state index >= 15 is 0 Å². The Hall–Kier alpha value is -3.08. The number of sulfonamides is 1. The number of fused-ring (bicyclic) bond motifs is 1. The smallest absolute Gasteiger partial charge is 0.256 e. The minimum Gasteiger partial charge on any atom is -0.322 e. The number of hydrogen-bond acceptors (Lipinski definition) is 6. The molecule has 10 heteroatoms. The van der Waals surface area contributed by atoms with Crippen molar-refractivity contribution in [2.24, 2.45) is 5.14 Å². The van der Waals surface area contributed by atoms with Crippen LogP contribution in [-0.2, 0) is 10.0 Å². The fraction of sp³-hybridized carbons (Fsp3) is 0.150. The molecular formula is C20H19N5O3S2. The second kappa shape index (κ2) is 7.63. The van der Waals surface area contributed by atoms with E-state index in [0.29, 0.717) is 28.0 Å². The van der Waals surface area contributed by atoms with Gasteiger partial charge in [-0.3, -0.25) is 4.79 Å². The van der Waals surface area contributed by atoms with Crippen molar-refractivity contribution in [3.8, 4) is 10.6 Å². The lowest BCUT2D eigenvalue weighted by Crippen LogP contribution is -2.14. The van der Waals surface area contributed by atoms with Gasteiger partial charge < -0.3 is 5.32 Å². The summed E-state index contributed by atoms with van der Waals surface area (Å²) in [6.45, 7) is 4.00. The number of nitrogens with one attached hydrogen (secondary N) is 1. The van der Waals surface area contributed by atoms with Gasteiger partial charge in [0.15, 0.2) is 5.65 Å². The lowest BCUT2D eigenvalue weighted by atomic mass is 10.1. The van der Waals surface area contributed by atoms with E-state index in [-0.39, 0.29) is 16.8 Å². The van der Waals surface area contributed by atoms with Crippen LogP contribution in [0.3, 0.4) is 0 Å². The zero-order chi connectivity index (χ0) is 21.5. The highest BCUT2D eigenvalue weighted by atomic mass is 32.2. The highest BCUT2D eigenvalue weighted by Crippen LogP contribution is 2.29. The molecule has 0 unspecified atom stereocenters. The Balaban J connectivity index is 1.76. The van der Waals surface area contributed by atoms with Crippen LogP contribution in [0, 0.1) is 0 Å². The largest absolute Gasteiger partial charge is 0.322 e. The van der Waals surface area contributed by atoms with Crippen LogP contribution in [0.5, 0.6) is 0 Å². The van der Waals surface area contributed by atoms with Crippen molar-refractivity contribution >= 4 is 44.0 Å². The van der Waals surface area contributed by atoms with Crippen LogP contribution < -0.4 is 10.5 Å². The molecule has 0 radical (unpaired) electrons. The average molecular weight is 442 g/mol. The summed E-state index contributed by atoms with van der Waals surface area (Å²) in [5.41, 5.74) is 2.21. The summed E-state index contributed by atoms with van der Waals surface area (Å²) in [5.74, 6) is -0.341. The lowest BCUT2D eigenvalue weighted by Gasteiger charge is -2.11. The Morgan fingerprint density at radius 3 is 2.53 bits per heavy atom. The topological polar surface area (TPSA) is 120 Å². The number of rotatable bonds is 5. The van der Waals surface area contributed by atoms with Gasteiger partial charge in [0.2, 0.25) is 10.0 Å². The molecule has 0 fully saturated rings. The quantitative estimate of drug-likeness (QED) is 0.490. The van der Waals surface area contributed by atoms with Gasteiger partial charge in [-0.25, -0.2) is 23.2 Å². The molecular weight excluding hydrogens is 422 g/mol. The maximum absolute atomic E-state index is 13.1. The van der Waals surface area contributed by atoms with Crippen LogP contribution in [0.2, 0.25) is 0 Å². The summed E-state index contributed by atoms with van der Waals surface area (Å²) in [6, 6.07) is 11.4. The van der Waals surface area contributed by atoms with E-state index in [2.05, 4.69) is 10.4 Å². The third-order valence-electron chi connectivity index (χ3n) is 4.51. The second-order valence-electron chi connectivity index (χ2n) is 6.98. The number of pyridine rings is 1. The standard InChI is InChI=1S/C20H19N5O3S2/c1-12(2)25-19-16(11-22-25)15(10-17(24-19)18-4-3-9-29-18)20(26)23-13-5-7-14(8-6-13)30(21,27)28/h3-12H,1-2H3,(H,23,26)(H2,21,27,28). The third kappa shape index (κ3) is 3.84. The predicted octanol–water partition coefficient (Wildman–Crippen LogP) is 3.64. The summed E-state index contributed by atoms with van der Waals surface area (Å²) in [6.07, 6.45) is 1.64. The van der Waals surface area contributed by atoms with Gasteiger partial charge in [0.1, 0.15) is 0 Å². The maximum atomic E-state index is 13.1. The number of amides is 1. The van der Waals surface area contributed by atoms with Crippen LogP contribution in [0.15, 0.2) is 58.9 Å². The number of nitrogens with two attached hydrogens (primary N) is 1. The number of anilines is 1. The van der Waals surface area contributed by atoms with Crippen molar-refractivity contribution in [1.82, 2.24) is 14.8 Å². The minimum atomic E-state index is -3.80. The molecule has 0 aliphatic heterocycles. The molecule has 0 aliphatic carbocycles. The molecule has 0 saturated heterocycles. The fourth-order valence-corrected chi connectivity index (χ4v) is 4.26. The van der Waals surface area contributed by atoms with Crippen molar-refractivity contribution in [2.45, 2.75) is 24.8 Å². The first kappa shape index (κ1) is 20.2. The van der Waals surface area contributed by atoms with Crippen LogP contribution in [0.4, 0.5) is 5.69 Å². The number of nitrogens with zero attached hydrogens (tertiary/aromatic N) is 3. The molecule has 8 nitrogen and oxygen atoms in total. The summed E-state index contributed by atoms with van der Waals surface area (Å²) < 4.78 is 24.6. The van der Waals surface area contributed by atoms with E-state index in [4.69, 9.17) is 10.1 Å². The number of primary sulfonamides is 1. The molecule has 0 bridgehead atoms.